The van der Waals surface area contributed by atoms with Gasteiger partial charge in [-0.25, -0.2) is 4.79 Å². The first-order chi connectivity index (χ1) is 15.4. The molecular formula is C23H15ClN2O6. The number of halogens is 1. The van der Waals surface area contributed by atoms with Gasteiger partial charge in [0.05, 0.1) is 10.5 Å². The van der Waals surface area contributed by atoms with Crippen LogP contribution in [-0.4, -0.2) is 28.3 Å². The maximum Gasteiger partial charge on any atom is 0.338 e. The van der Waals surface area contributed by atoms with Crippen molar-refractivity contribution in [3.63, 3.8) is 0 Å². The number of carbonyl (C=O) groups excluding carboxylic acids is 2. The SMILES string of the molecule is O=C(OCC(=O)c1c[nH]c2ccccc12)c1ccc(Oc2ccc(Cl)cc2[N+](=O)[O-])cc1. The van der Waals surface area contributed by atoms with Crippen molar-refractivity contribution in [3.05, 3.63) is 99.2 Å². The third kappa shape index (κ3) is 4.45. The minimum absolute atomic E-state index is 0.0130. The molecule has 0 aliphatic heterocycles. The number of nitro groups is 1. The Balaban J connectivity index is 1.40. The summed E-state index contributed by atoms with van der Waals surface area (Å²) < 4.78 is 10.7. The summed E-state index contributed by atoms with van der Waals surface area (Å²) in [7, 11) is 0. The fraction of sp³-hybridized carbons (Fsp3) is 0.0435. The van der Waals surface area contributed by atoms with Gasteiger partial charge in [-0.1, -0.05) is 29.8 Å². The van der Waals surface area contributed by atoms with Crippen molar-refractivity contribution in [3.8, 4) is 11.5 Å². The molecule has 1 aromatic heterocycles. The Morgan fingerprint density at radius 1 is 1.03 bits per heavy atom. The number of aromatic nitrogens is 1. The molecule has 4 aromatic rings. The molecule has 0 atom stereocenters. The van der Waals surface area contributed by atoms with E-state index in [0.717, 1.165) is 10.9 Å². The predicted molar refractivity (Wildman–Crippen MR) is 118 cm³/mol. The molecule has 1 N–H and O–H groups in total. The van der Waals surface area contributed by atoms with Crippen LogP contribution < -0.4 is 4.74 Å². The highest BCUT2D eigenvalue weighted by molar-refractivity contribution is 6.30. The molecular weight excluding hydrogens is 436 g/mol. The quantitative estimate of drug-likeness (QED) is 0.171. The van der Waals surface area contributed by atoms with E-state index in [2.05, 4.69) is 4.98 Å². The zero-order valence-electron chi connectivity index (χ0n) is 16.4. The molecule has 3 aromatic carbocycles. The Morgan fingerprint density at radius 3 is 2.53 bits per heavy atom. The van der Waals surface area contributed by atoms with Crippen LogP contribution in [0.5, 0.6) is 11.5 Å². The molecule has 0 spiro atoms. The highest BCUT2D eigenvalue weighted by Crippen LogP contribution is 2.33. The number of carbonyl (C=O) groups is 2. The van der Waals surface area contributed by atoms with Crippen LogP contribution in [-0.2, 0) is 4.74 Å². The number of H-pyrrole nitrogens is 1. The van der Waals surface area contributed by atoms with Crippen LogP contribution in [0.25, 0.3) is 10.9 Å². The standard InChI is InChI=1S/C23H15ClN2O6/c24-15-7-10-22(20(11-15)26(29)30)32-16-8-5-14(6-9-16)23(28)31-13-21(27)18-12-25-19-4-2-1-3-17(18)19/h1-12,25H,13H2. The Bertz CT molecular complexity index is 1330. The highest BCUT2D eigenvalue weighted by atomic mass is 35.5. The summed E-state index contributed by atoms with van der Waals surface area (Å²) in [5.41, 5.74) is 1.19. The molecule has 0 bridgehead atoms. The fourth-order valence-electron chi connectivity index (χ4n) is 3.10. The van der Waals surface area contributed by atoms with Gasteiger partial charge in [-0.05, 0) is 42.5 Å². The monoisotopic (exact) mass is 450 g/mol. The van der Waals surface area contributed by atoms with Gasteiger partial charge in [0.2, 0.25) is 11.5 Å². The molecule has 0 saturated carbocycles. The molecule has 4 rings (SSSR count). The lowest BCUT2D eigenvalue weighted by atomic mass is 10.1. The lowest BCUT2D eigenvalue weighted by molar-refractivity contribution is -0.385. The van der Waals surface area contributed by atoms with Crippen LogP contribution in [0.4, 0.5) is 5.69 Å². The van der Waals surface area contributed by atoms with Crippen LogP contribution in [0, 0.1) is 10.1 Å². The molecule has 9 heteroatoms. The zero-order chi connectivity index (χ0) is 22.7. The lowest BCUT2D eigenvalue weighted by Gasteiger charge is -2.08. The van der Waals surface area contributed by atoms with Crippen molar-refractivity contribution in [2.45, 2.75) is 0 Å². The van der Waals surface area contributed by atoms with Crippen molar-refractivity contribution >= 4 is 39.9 Å². The van der Waals surface area contributed by atoms with E-state index in [1.807, 2.05) is 24.3 Å². The molecule has 160 valence electrons. The smallest absolute Gasteiger partial charge is 0.338 e. The van der Waals surface area contributed by atoms with Gasteiger partial charge < -0.3 is 14.5 Å². The summed E-state index contributed by atoms with van der Waals surface area (Å²) in [5.74, 6) is -0.714. The van der Waals surface area contributed by atoms with Crippen LogP contribution in [0.15, 0.2) is 72.9 Å². The number of nitro benzene ring substituents is 1. The second-order valence-corrected chi connectivity index (χ2v) is 7.18. The molecule has 0 radical (unpaired) electrons. The van der Waals surface area contributed by atoms with Gasteiger partial charge in [0.1, 0.15) is 5.75 Å². The van der Waals surface area contributed by atoms with E-state index >= 15 is 0 Å². The molecule has 0 saturated heterocycles. The number of fused-ring (bicyclic) bond motifs is 1. The van der Waals surface area contributed by atoms with Crippen LogP contribution >= 0.6 is 11.6 Å². The first kappa shape index (κ1) is 21.1. The number of nitrogens with one attached hydrogen (secondary N) is 1. The topological polar surface area (TPSA) is 112 Å². The summed E-state index contributed by atoms with van der Waals surface area (Å²) in [6.07, 6.45) is 1.59. The minimum atomic E-state index is -0.679. The van der Waals surface area contributed by atoms with E-state index in [-0.39, 0.29) is 33.6 Å². The Hall–Kier alpha value is -4.17. The lowest BCUT2D eigenvalue weighted by Crippen LogP contribution is -2.14. The number of para-hydroxylation sites is 1. The van der Waals surface area contributed by atoms with Gasteiger partial charge in [0, 0.05) is 33.8 Å². The van der Waals surface area contributed by atoms with E-state index in [0.29, 0.717) is 5.56 Å². The third-order valence-corrected chi connectivity index (χ3v) is 4.89. The van der Waals surface area contributed by atoms with Crippen molar-refractivity contribution in [1.82, 2.24) is 4.98 Å². The maximum atomic E-state index is 12.4. The summed E-state index contributed by atoms with van der Waals surface area (Å²) in [6.45, 7) is -0.407. The van der Waals surface area contributed by atoms with Gasteiger partial charge in [0.15, 0.2) is 6.61 Å². The van der Waals surface area contributed by atoms with Gasteiger partial charge >= 0.3 is 11.7 Å². The Kier molecular flexibility index (Phi) is 5.87. The normalized spacial score (nSPS) is 10.7. The number of Topliss-reactive ketones (excluding diaryl/α,β-unsaturated/α-hetero) is 1. The average Bonchev–Trinajstić information content (AvgIpc) is 3.23. The fourth-order valence-corrected chi connectivity index (χ4v) is 3.27. The maximum absolute atomic E-state index is 12.4. The van der Waals surface area contributed by atoms with Crippen LogP contribution in [0.2, 0.25) is 5.02 Å². The Labute approximate surface area is 186 Å². The highest BCUT2D eigenvalue weighted by Gasteiger charge is 2.18. The van der Waals surface area contributed by atoms with Gasteiger partial charge in [-0.3, -0.25) is 14.9 Å². The third-order valence-electron chi connectivity index (χ3n) is 4.66. The molecule has 1 heterocycles. The largest absolute Gasteiger partial charge is 0.454 e. The molecule has 0 unspecified atom stereocenters. The molecule has 0 amide bonds. The summed E-state index contributed by atoms with van der Waals surface area (Å²) in [4.78, 5) is 38.3. The van der Waals surface area contributed by atoms with E-state index in [1.54, 1.807) is 6.20 Å². The number of nitrogens with zero attached hydrogens (tertiary/aromatic N) is 1. The van der Waals surface area contributed by atoms with Crippen LogP contribution in [0.3, 0.4) is 0 Å². The zero-order valence-corrected chi connectivity index (χ0v) is 17.2. The van der Waals surface area contributed by atoms with Gasteiger partial charge in [-0.15, -0.1) is 0 Å². The molecule has 8 nitrogen and oxygen atoms in total. The average molecular weight is 451 g/mol. The summed E-state index contributed by atoms with van der Waals surface area (Å²) >= 11 is 5.80. The molecule has 0 fully saturated rings. The number of rotatable bonds is 7. The van der Waals surface area contributed by atoms with Crippen molar-refractivity contribution in [1.29, 1.82) is 0 Å². The van der Waals surface area contributed by atoms with Gasteiger partial charge in [0.25, 0.3) is 0 Å². The van der Waals surface area contributed by atoms with Crippen molar-refractivity contribution in [2.75, 3.05) is 6.61 Å². The molecule has 32 heavy (non-hydrogen) atoms. The first-order valence-electron chi connectivity index (χ1n) is 9.40. The number of ether oxygens (including phenoxy) is 2. The predicted octanol–water partition coefficient (Wildman–Crippen LogP) is 5.56. The first-order valence-corrected chi connectivity index (χ1v) is 9.78. The minimum Gasteiger partial charge on any atom is -0.454 e. The van der Waals surface area contributed by atoms with E-state index in [4.69, 9.17) is 21.1 Å². The van der Waals surface area contributed by atoms with Gasteiger partial charge in [-0.2, -0.15) is 0 Å². The number of hydrogen-bond donors (Lipinski definition) is 1. The van der Waals surface area contributed by atoms with Crippen molar-refractivity contribution < 1.29 is 24.0 Å². The second-order valence-electron chi connectivity index (χ2n) is 6.74. The van der Waals surface area contributed by atoms with E-state index in [1.165, 1.54) is 42.5 Å². The number of esters is 1. The van der Waals surface area contributed by atoms with Crippen molar-refractivity contribution in [2.24, 2.45) is 0 Å². The van der Waals surface area contributed by atoms with E-state index in [9.17, 15) is 19.7 Å². The Morgan fingerprint density at radius 2 is 1.78 bits per heavy atom. The summed E-state index contributed by atoms with van der Waals surface area (Å²) in [5, 5.41) is 12.1. The number of ketones is 1. The second kappa shape index (κ2) is 8.91. The number of benzene rings is 3. The molecule has 0 aliphatic rings. The summed E-state index contributed by atoms with van der Waals surface area (Å²) in [6, 6.07) is 17.2. The number of hydrogen-bond acceptors (Lipinski definition) is 6. The number of aromatic amines is 1. The van der Waals surface area contributed by atoms with Crippen LogP contribution in [0.1, 0.15) is 20.7 Å². The molecule has 0 aliphatic carbocycles. The van der Waals surface area contributed by atoms with E-state index < -0.39 is 17.5 Å².